The first-order valence-corrected chi connectivity index (χ1v) is 26.7. The molecule has 0 aliphatic heterocycles. The molecule has 0 radical (unpaired) electrons. The van der Waals surface area contributed by atoms with E-state index < -0.39 is 31.7 Å². The Kier molecular flexibility index (Phi) is 18.9. The number of carbonyl (C=O) groups excluding carboxylic acids is 5. The molecule has 1 atom stereocenters. The zero-order valence-corrected chi connectivity index (χ0v) is 41.8. The number of ether oxygens (including phenoxy) is 3. The van der Waals surface area contributed by atoms with Crippen molar-refractivity contribution in [3.63, 3.8) is 0 Å². The number of fused-ring (bicyclic) bond motifs is 2. The first-order chi connectivity index (χ1) is 29.1. The number of rotatable bonds is 11. The van der Waals surface area contributed by atoms with Crippen LogP contribution in [0.1, 0.15) is 171 Å². The number of carbonyl (C=O) groups is 6. The van der Waals surface area contributed by atoms with Crippen LogP contribution in [0.25, 0.3) is 0 Å². The highest BCUT2D eigenvalue weighted by Crippen LogP contribution is 2.39. The molecule has 0 saturated heterocycles. The summed E-state index contributed by atoms with van der Waals surface area (Å²) in [6, 6.07) is 1.11. The predicted octanol–water partition coefficient (Wildman–Crippen LogP) is 9.18. The van der Waals surface area contributed by atoms with E-state index in [0.29, 0.717) is 43.1 Å². The lowest BCUT2D eigenvalue weighted by atomic mass is 9.70. The van der Waals surface area contributed by atoms with Crippen LogP contribution in [0.15, 0.2) is 0 Å². The molecule has 14 nitrogen and oxygen atoms in total. The van der Waals surface area contributed by atoms with Crippen LogP contribution in [0.4, 0.5) is 0 Å². The fraction of sp³-hybridized carbons (Fsp3) is 0.750. The number of nitrogens with one attached hydrogen (secondary N) is 1. The average molecular weight is 899 g/mol. The van der Waals surface area contributed by atoms with Gasteiger partial charge in [-0.15, -0.1) is 0 Å². The summed E-state index contributed by atoms with van der Waals surface area (Å²) >= 11 is 0. The maximum atomic E-state index is 11.7. The monoisotopic (exact) mass is 899 g/mol. The Morgan fingerprint density at radius 3 is 1.86 bits per heavy atom. The number of nitrogens with zero attached hydrogens (tertiary/aromatic N) is 3. The number of Topliss-reactive ketones (excluding diaryl/α,β-unsaturated/α-hetero) is 3. The van der Waals surface area contributed by atoms with Crippen molar-refractivity contribution in [2.75, 3.05) is 19.8 Å². The second kappa shape index (κ2) is 22.3. The van der Waals surface area contributed by atoms with Crippen molar-refractivity contribution in [1.82, 2.24) is 20.0 Å². The molecule has 2 fully saturated rings. The highest BCUT2D eigenvalue weighted by molar-refractivity contribution is 6.76. The van der Waals surface area contributed by atoms with Gasteiger partial charge in [-0.1, -0.05) is 75.0 Å². The van der Waals surface area contributed by atoms with E-state index in [1.54, 1.807) is 18.5 Å². The fourth-order valence-electron chi connectivity index (χ4n) is 8.22. The number of ketones is 3. The van der Waals surface area contributed by atoms with Gasteiger partial charge in [-0.05, 0) is 106 Å². The molecule has 4 aliphatic rings. The van der Waals surface area contributed by atoms with Gasteiger partial charge in [0.05, 0.1) is 19.1 Å². The molecule has 0 amide bonds. The molecular weight excluding hydrogens is 821 g/mol. The molecule has 354 valence electrons. The molecule has 0 spiro atoms. The number of esters is 2. The number of aromatic amines is 1. The van der Waals surface area contributed by atoms with Gasteiger partial charge in [0.15, 0.2) is 11.4 Å². The molecule has 2 N–H and O–H groups in total. The Morgan fingerprint density at radius 1 is 0.746 bits per heavy atom. The summed E-state index contributed by atoms with van der Waals surface area (Å²) in [6.45, 7) is 29.3. The normalized spacial score (nSPS) is 20.4. The third-order valence-corrected chi connectivity index (χ3v) is 14.3. The van der Waals surface area contributed by atoms with Crippen LogP contribution < -0.4 is 0 Å². The summed E-state index contributed by atoms with van der Waals surface area (Å²) in [5.74, 6) is -3.26. The second-order valence-electron chi connectivity index (χ2n) is 22.0. The van der Waals surface area contributed by atoms with Gasteiger partial charge < -0.3 is 19.3 Å². The summed E-state index contributed by atoms with van der Waals surface area (Å²) in [5, 5.41) is 20.7. The van der Waals surface area contributed by atoms with Gasteiger partial charge in [0.1, 0.15) is 18.3 Å². The van der Waals surface area contributed by atoms with E-state index in [2.05, 4.69) is 81.2 Å². The molecule has 2 aromatic heterocycles. The van der Waals surface area contributed by atoms with Crippen LogP contribution >= 0.6 is 0 Å². The van der Waals surface area contributed by atoms with Crippen molar-refractivity contribution in [3.05, 3.63) is 33.9 Å². The minimum Gasteiger partial charge on any atom is -0.476 e. The van der Waals surface area contributed by atoms with Crippen molar-refractivity contribution >= 4 is 43.3 Å². The molecule has 0 aromatic carbocycles. The first kappa shape index (κ1) is 53.4. The Hall–Kier alpha value is -3.98. The topological polar surface area (TPSA) is 197 Å². The van der Waals surface area contributed by atoms with Crippen molar-refractivity contribution < 1.29 is 48.1 Å². The molecule has 1 unspecified atom stereocenters. The van der Waals surface area contributed by atoms with E-state index in [1.807, 2.05) is 13.8 Å². The maximum Gasteiger partial charge on any atom is 0.375 e. The SMILES string of the molecule is CC1(C)CCC(=O)CC1.CC1(C)CCc2c(c(C(=O)O)nn2COCC[Si](C)(C)C)C1.CCOC(=O)C(=O)C1CC(C)(C)CCC1=O.CCOC(=O)c1n[nH]c2c1CC(C)(C)CC2. The van der Waals surface area contributed by atoms with Crippen LogP contribution in [-0.2, 0) is 65.8 Å². The summed E-state index contributed by atoms with van der Waals surface area (Å²) < 4.78 is 17.1. The molecular formula is C48H78N4O10Si. The number of aromatic carboxylic acids is 1. The quantitative estimate of drug-likeness (QED) is 0.0714. The van der Waals surface area contributed by atoms with Gasteiger partial charge in [-0.2, -0.15) is 10.2 Å². The fourth-order valence-corrected chi connectivity index (χ4v) is 8.98. The van der Waals surface area contributed by atoms with E-state index in [0.717, 1.165) is 106 Å². The minimum atomic E-state index is -1.10. The van der Waals surface area contributed by atoms with E-state index >= 15 is 0 Å². The summed E-state index contributed by atoms with van der Waals surface area (Å²) in [6.07, 6.45) is 11.1. The first-order valence-electron chi connectivity index (χ1n) is 23.0. The number of hydrogen-bond acceptors (Lipinski definition) is 11. The van der Waals surface area contributed by atoms with Crippen molar-refractivity contribution in [2.45, 2.75) is 185 Å². The molecule has 6 rings (SSSR count). The van der Waals surface area contributed by atoms with Gasteiger partial charge in [0.2, 0.25) is 5.78 Å². The molecule has 0 bridgehead atoms. The van der Waals surface area contributed by atoms with Gasteiger partial charge in [-0.25, -0.2) is 19.1 Å². The van der Waals surface area contributed by atoms with E-state index in [4.69, 9.17) is 9.47 Å². The number of aromatic nitrogens is 4. The standard InChI is InChI=1S/C16H28N2O3Si.C12H18N2O2.C12H18O4.C8H14O/c1-16(2)7-6-13-12(10-16)14(15(19)20)17-18(13)11-21-8-9-22(3,4)5;1-4-16-11(15)10-8-7-12(2,3)6-5-9(8)13-14-10;1-4-16-11(15)10(14)8-7-12(2,3)6-5-9(8)13;1-8(2)5-3-7(9)4-6-8/h6-11H2,1-5H3,(H,19,20);4-7H2,1-3H3,(H,13,14);8H,4-7H2,1-3H3;3-6H2,1-2H3. The average Bonchev–Trinajstić information content (AvgIpc) is 3.75. The van der Waals surface area contributed by atoms with Crippen molar-refractivity contribution in [1.29, 1.82) is 0 Å². The number of aryl methyl sites for hydroxylation is 1. The molecule has 2 saturated carbocycles. The highest BCUT2D eigenvalue weighted by Gasteiger charge is 2.41. The van der Waals surface area contributed by atoms with Crippen LogP contribution in [0.2, 0.25) is 25.7 Å². The Balaban J connectivity index is 0.000000232. The molecule has 2 heterocycles. The number of hydrogen-bond donors (Lipinski definition) is 2. The van der Waals surface area contributed by atoms with Gasteiger partial charge in [0.25, 0.3) is 0 Å². The van der Waals surface area contributed by atoms with Crippen molar-refractivity contribution in [3.8, 4) is 0 Å². The van der Waals surface area contributed by atoms with E-state index in [9.17, 15) is 33.9 Å². The number of carboxylic acids is 1. The number of carboxylic acid groups (broad SMARTS) is 1. The lowest BCUT2D eigenvalue weighted by molar-refractivity contribution is -0.158. The Bertz CT molecular complexity index is 1920. The highest BCUT2D eigenvalue weighted by atomic mass is 28.3. The zero-order chi connectivity index (χ0) is 47.6. The largest absolute Gasteiger partial charge is 0.476 e. The molecule has 15 heteroatoms. The van der Waals surface area contributed by atoms with Gasteiger partial charge >= 0.3 is 17.9 Å². The van der Waals surface area contributed by atoms with Crippen LogP contribution in [-0.4, -0.2) is 88.2 Å². The summed E-state index contributed by atoms with van der Waals surface area (Å²) in [4.78, 5) is 68.5. The Morgan fingerprint density at radius 2 is 1.30 bits per heavy atom. The predicted molar refractivity (Wildman–Crippen MR) is 244 cm³/mol. The third kappa shape index (κ3) is 16.8. The Labute approximate surface area is 376 Å². The third-order valence-electron chi connectivity index (χ3n) is 12.5. The van der Waals surface area contributed by atoms with Gasteiger partial charge in [0, 0.05) is 56.5 Å². The van der Waals surface area contributed by atoms with E-state index in [-0.39, 0.29) is 40.3 Å². The smallest absolute Gasteiger partial charge is 0.375 e. The van der Waals surface area contributed by atoms with E-state index in [1.165, 1.54) is 0 Å². The summed E-state index contributed by atoms with van der Waals surface area (Å²) in [5.41, 5.74) is 5.55. The zero-order valence-electron chi connectivity index (χ0n) is 40.8. The van der Waals surface area contributed by atoms with Crippen LogP contribution in [0.5, 0.6) is 0 Å². The minimum absolute atomic E-state index is 0.0548. The van der Waals surface area contributed by atoms with Crippen molar-refractivity contribution in [2.24, 2.45) is 27.6 Å². The van der Waals surface area contributed by atoms with Gasteiger partial charge in [-0.3, -0.25) is 19.5 Å². The molecule has 2 aromatic rings. The lowest BCUT2D eigenvalue weighted by Crippen LogP contribution is -2.38. The molecule has 63 heavy (non-hydrogen) atoms. The lowest BCUT2D eigenvalue weighted by Gasteiger charge is -2.32. The van der Waals surface area contributed by atoms with Crippen LogP contribution in [0.3, 0.4) is 0 Å². The summed E-state index contributed by atoms with van der Waals surface area (Å²) in [7, 11) is -1.10. The second-order valence-corrected chi connectivity index (χ2v) is 27.7. The van der Waals surface area contributed by atoms with Crippen LogP contribution in [0, 0.1) is 27.6 Å². The number of H-pyrrole nitrogens is 1. The molecule has 4 aliphatic carbocycles. The maximum absolute atomic E-state index is 11.7.